The predicted molar refractivity (Wildman–Crippen MR) is 122 cm³/mol. The van der Waals surface area contributed by atoms with Gasteiger partial charge >= 0.3 is 0 Å². The number of rotatable bonds is 9. The molecular weight excluding hydrogens is 426 g/mol. The minimum atomic E-state index is -0.688. The van der Waals surface area contributed by atoms with Gasteiger partial charge in [0.25, 0.3) is 5.91 Å². The summed E-state index contributed by atoms with van der Waals surface area (Å²) in [6.07, 6.45) is 3.67. The van der Waals surface area contributed by atoms with Gasteiger partial charge in [-0.15, -0.1) is 0 Å². The summed E-state index contributed by atoms with van der Waals surface area (Å²) in [6, 6.07) is 14.5. The van der Waals surface area contributed by atoms with Crippen molar-refractivity contribution in [1.82, 2.24) is 10.3 Å². The number of halogens is 2. The number of nitrogens with zero attached hydrogens (tertiary/aromatic N) is 1. The third kappa shape index (κ3) is 6.30. The van der Waals surface area contributed by atoms with Crippen molar-refractivity contribution in [3.05, 3.63) is 107 Å². The van der Waals surface area contributed by atoms with Crippen molar-refractivity contribution in [1.29, 1.82) is 0 Å². The normalized spacial score (nSPS) is 12.3. The van der Waals surface area contributed by atoms with Gasteiger partial charge in [-0.05, 0) is 48.4 Å². The average molecular weight is 451 g/mol. The van der Waals surface area contributed by atoms with Crippen LogP contribution in [0.5, 0.6) is 0 Å². The SMILES string of the molecule is N/C(=C\C(=[NH2+])c1c(F)cccc1C(=O)N[C@@H](CCO)Cc1ccccn1)c1ccc(F)cc1. The first-order valence-electron chi connectivity index (χ1n) is 10.3. The second-order valence-electron chi connectivity index (χ2n) is 7.43. The van der Waals surface area contributed by atoms with Gasteiger partial charge < -0.3 is 16.2 Å². The number of nitrogens with two attached hydrogens (primary N) is 2. The van der Waals surface area contributed by atoms with Gasteiger partial charge in [0.1, 0.15) is 11.6 Å². The summed E-state index contributed by atoms with van der Waals surface area (Å²) < 4.78 is 27.9. The van der Waals surface area contributed by atoms with Crippen molar-refractivity contribution in [3.8, 4) is 0 Å². The van der Waals surface area contributed by atoms with E-state index in [1.807, 2.05) is 12.1 Å². The van der Waals surface area contributed by atoms with E-state index in [2.05, 4.69) is 10.3 Å². The molecule has 6 nitrogen and oxygen atoms in total. The van der Waals surface area contributed by atoms with Gasteiger partial charge in [0, 0.05) is 42.7 Å². The van der Waals surface area contributed by atoms with E-state index in [-0.39, 0.29) is 29.1 Å². The lowest BCUT2D eigenvalue weighted by atomic mass is 9.98. The summed E-state index contributed by atoms with van der Waals surface area (Å²) in [5.74, 6) is -1.65. The number of nitrogens with one attached hydrogen (secondary N) is 1. The minimum absolute atomic E-state index is 0.0274. The number of hydrogen-bond donors (Lipinski definition) is 4. The van der Waals surface area contributed by atoms with Crippen molar-refractivity contribution in [3.63, 3.8) is 0 Å². The van der Waals surface area contributed by atoms with E-state index >= 15 is 0 Å². The van der Waals surface area contributed by atoms with Crippen molar-refractivity contribution >= 4 is 17.3 Å². The van der Waals surface area contributed by atoms with E-state index in [1.54, 1.807) is 12.3 Å². The van der Waals surface area contributed by atoms with Crippen molar-refractivity contribution < 1.29 is 24.1 Å². The Kier molecular flexibility index (Phi) is 7.99. The lowest BCUT2D eigenvalue weighted by Crippen LogP contribution is -2.43. The van der Waals surface area contributed by atoms with Crippen LogP contribution in [0.3, 0.4) is 0 Å². The number of pyridine rings is 1. The van der Waals surface area contributed by atoms with Gasteiger partial charge in [-0.2, -0.15) is 0 Å². The molecule has 3 aromatic rings. The van der Waals surface area contributed by atoms with Gasteiger partial charge in [-0.1, -0.05) is 24.3 Å². The summed E-state index contributed by atoms with van der Waals surface area (Å²) in [4.78, 5) is 17.3. The molecule has 3 rings (SSSR count). The molecule has 0 fully saturated rings. The van der Waals surface area contributed by atoms with Crippen LogP contribution in [0.15, 0.2) is 72.9 Å². The molecule has 0 saturated carbocycles. The Bertz CT molecular complexity index is 1150. The molecule has 0 bridgehead atoms. The van der Waals surface area contributed by atoms with Crippen LogP contribution in [-0.4, -0.2) is 34.4 Å². The zero-order chi connectivity index (χ0) is 23.8. The van der Waals surface area contributed by atoms with E-state index in [9.17, 15) is 18.7 Å². The zero-order valence-electron chi connectivity index (χ0n) is 17.8. The number of carbonyl (C=O) groups is 1. The van der Waals surface area contributed by atoms with E-state index in [0.29, 0.717) is 18.4 Å². The first kappa shape index (κ1) is 23.7. The van der Waals surface area contributed by atoms with Gasteiger partial charge in [0.15, 0.2) is 0 Å². The van der Waals surface area contributed by atoms with E-state index < -0.39 is 23.6 Å². The van der Waals surface area contributed by atoms with E-state index in [4.69, 9.17) is 11.1 Å². The highest BCUT2D eigenvalue weighted by atomic mass is 19.1. The molecule has 1 atom stereocenters. The fourth-order valence-corrected chi connectivity index (χ4v) is 3.39. The molecule has 0 saturated heterocycles. The fraction of sp³-hybridized carbons (Fsp3) is 0.160. The fourth-order valence-electron chi connectivity index (χ4n) is 3.39. The Morgan fingerprint density at radius 3 is 2.55 bits per heavy atom. The van der Waals surface area contributed by atoms with Gasteiger partial charge in [0.2, 0.25) is 5.71 Å². The Morgan fingerprint density at radius 1 is 1.12 bits per heavy atom. The van der Waals surface area contributed by atoms with Crippen LogP contribution >= 0.6 is 0 Å². The number of carbonyl (C=O) groups excluding carboxylic acids is 1. The van der Waals surface area contributed by atoms with Gasteiger partial charge in [-0.3, -0.25) is 15.2 Å². The molecule has 1 heterocycles. The minimum Gasteiger partial charge on any atom is -0.398 e. The summed E-state index contributed by atoms with van der Waals surface area (Å²) in [5, 5.41) is 18.4. The molecule has 0 radical (unpaired) electrons. The van der Waals surface area contributed by atoms with Crippen LogP contribution in [0.2, 0.25) is 0 Å². The third-order valence-corrected chi connectivity index (χ3v) is 5.03. The number of aliphatic hydroxyl groups excluding tert-OH is 1. The Labute approximate surface area is 190 Å². The maximum absolute atomic E-state index is 14.7. The standard InChI is InChI=1S/C25H24F2N4O2/c26-17-9-7-16(8-10-17)22(28)15-23(29)24-20(5-3-6-21(24)27)25(33)31-19(11-13-32)14-18-4-1-2-12-30-18/h1-10,12,15,19,29,32H,11,13-14,28H2,(H,31,33)/p+1/b22-15-,29-23?/t19-/m0/s1. The quantitative estimate of drug-likeness (QED) is 0.370. The van der Waals surface area contributed by atoms with Crippen LogP contribution in [-0.2, 0) is 6.42 Å². The Morgan fingerprint density at radius 2 is 1.88 bits per heavy atom. The largest absolute Gasteiger partial charge is 0.398 e. The smallest absolute Gasteiger partial charge is 0.252 e. The van der Waals surface area contributed by atoms with Gasteiger partial charge in [0.05, 0.1) is 11.1 Å². The van der Waals surface area contributed by atoms with E-state index in [1.165, 1.54) is 48.5 Å². The van der Waals surface area contributed by atoms with E-state index in [0.717, 1.165) is 5.69 Å². The highest BCUT2D eigenvalue weighted by molar-refractivity contribution is 6.14. The number of aliphatic hydroxyl groups is 1. The highest BCUT2D eigenvalue weighted by Gasteiger charge is 2.23. The second kappa shape index (κ2) is 11.1. The summed E-state index contributed by atoms with van der Waals surface area (Å²) in [7, 11) is 0. The molecule has 0 aliphatic carbocycles. The van der Waals surface area contributed by atoms with Crippen LogP contribution in [0.25, 0.3) is 5.70 Å². The molecule has 170 valence electrons. The summed E-state index contributed by atoms with van der Waals surface area (Å²) >= 11 is 0. The van der Waals surface area contributed by atoms with Gasteiger partial charge in [-0.25, -0.2) is 8.78 Å². The van der Waals surface area contributed by atoms with Crippen molar-refractivity contribution in [2.24, 2.45) is 5.73 Å². The van der Waals surface area contributed by atoms with Crippen LogP contribution in [0.1, 0.15) is 33.6 Å². The first-order chi connectivity index (χ1) is 15.9. The van der Waals surface area contributed by atoms with Crippen LogP contribution in [0.4, 0.5) is 8.78 Å². The lowest BCUT2D eigenvalue weighted by molar-refractivity contribution is -0.111. The summed E-state index contributed by atoms with van der Waals surface area (Å²) in [5.41, 5.74) is 7.36. The summed E-state index contributed by atoms with van der Waals surface area (Å²) in [6.45, 7) is -0.140. The number of allylic oxidation sites excluding steroid dienone is 1. The maximum Gasteiger partial charge on any atom is 0.252 e. The van der Waals surface area contributed by atoms with Crippen molar-refractivity contribution in [2.45, 2.75) is 18.9 Å². The third-order valence-electron chi connectivity index (χ3n) is 5.03. The molecule has 33 heavy (non-hydrogen) atoms. The Hall–Kier alpha value is -3.91. The second-order valence-corrected chi connectivity index (χ2v) is 7.43. The number of aromatic nitrogens is 1. The monoisotopic (exact) mass is 451 g/mol. The average Bonchev–Trinajstić information content (AvgIpc) is 2.80. The van der Waals surface area contributed by atoms with Crippen LogP contribution in [0, 0.1) is 11.6 Å². The zero-order valence-corrected chi connectivity index (χ0v) is 17.8. The predicted octanol–water partition coefficient (Wildman–Crippen LogP) is 1.63. The highest BCUT2D eigenvalue weighted by Crippen LogP contribution is 2.17. The molecule has 1 amide bonds. The molecule has 1 aromatic heterocycles. The number of amides is 1. The van der Waals surface area contributed by atoms with Crippen molar-refractivity contribution in [2.75, 3.05) is 6.61 Å². The molecule has 0 spiro atoms. The molecular formula is C25H25F2N4O2+. The molecule has 0 aliphatic heterocycles. The maximum atomic E-state index is 14.7. The molecule has 0 aliphatic rings. The Balaban J connectivity index is 1.85. The molecule has 6 N–H and O–H groups in total. The first-order valence-corrected chi connectivity index (χ1v) is 10.3. The molecule has 8 heteroatoms. The number of hydrogen-bond acceptors (Lipinski definition) is 4. The molecule has 2 aromatic carbocycles. The van der Waals surface area contributed by atoms with Crippen LogP contribution < -0.4 is 16.5 Å². The number of benzene rings is 2. The lowest BCUT2D eigenvalue weighted by Gasteiger charge is -2.18. The topological polar surface area (TPSA) is 114 Å². The molecule has 0 unspecified atom stereocenters.